The molecule has 2 fully saturated rings. The summed E-state index contributed by atoms with van der Waals surface area (Å²) < 4.78 is 0. The van der Waals surface area contributed by atoms with Crippen molar-refractivity contribution in [2.75, 3.05) is 24.5 Å². The first-order valence-electron chi connectivity index (χ1n) is 11.6. The second kappa shape index (κ2) is 8.65. The number of carboxylic acids is 2. The van der Waals surface area contributed by atoms with Crippen LogP contribution in [0.1, 0.15) is 52.4 Å². The summed E-state index contributed by atoms with van der Waals surface area (Å²) in [6.45, 7) is 6.38. The highest BCUT2D eigenvalue weighted by molar-refractivity contribution is 6.04. The largest absolute Gasteiger partial charge is 0.478 e. The van der Waals surface area contributed by atoms with Gasteiger partial charge in [-0.15, -0.1) is 0 Å². The molecule has 0 aromatic heterocycles. The van der Waals surface area contributed by atoms with Crippen LogP contribution in [0.5, 0.6) is 0 Å². The first-order chi connectivity index (χ1) is 14.8. The summed E-state index contributed by atoms with van der Waals surface area (Å²) in [6.07, 6.45) is 6.24. The molecule has 1 aromatic rings. The van der Waals surface area contributed by atoms with Gasteiger partial charge in [-0.25, -0.2) is 9.59 Å². The number of hydrogen-bond acceptors (Lipinski definition) is 4. The molecule has 1 spiro atoms. The molecule has 168 valence electrons. The number of likely N-dealkylation sites (tertiary alicyclic amines) is 1. The third-order valence-corrected chi connectivity index (χ3v) is 7.97. The van der Waals surface area contributed by atoms with Crippen LogP contribution >= 0.6 is 0 Å². The van der Waals surface area contributed by atoms with Gasteiger partial charge >= 0.3 is 11.9 Å². The van der Waals surface area contributed by atoms with Crippen molar-refractivity contribution in [3.05, 3.63) is 41.5 Å². The number of aliphatic carboxylic acids is 2. The van der Waals surface area contributed by atoms with Crippen LogP contribution in [0.25, 0.3) is 0 Å². The van der Waals surface area contributed by atoms with Crippen molar-refractivity contribution in [2.45, 2.75) is 64.0 Å². The van der Waals surface area contributed by atoms with Gasteiger partial charge in [0.05, 0.1) is 23.2 Å². The minimum atomic E-state index is -1.12. The molecule has 0 radical (unpaired) electrons. The maximum atomic E-state index is 12.3. The molecule has 6 nitrogen and oxygen atoms in total. The minimum Gasteiger partial charge on any atom is -0.478 e. The number of piperidine rings is 1. The molecule has 2 aliphatic heterocycles. The van der Waals surface area contributed by atoms with E-state index < -0.39 is 17.5 Å². The average molecular weight is 427 g/mol. The molecule has 1 aliphatic carbocycles. The van der Waals surface area contributed by atoms with E-state index in [0.29, 0.717) is 18.9 Å². The van der Waals surface area contributed by atoms with Crippen LogP contribution in [0.4, 0.5) is 5.69 Å². The Morgan fingerprint density at radius 1 is 0.968 bits per heavy atom. The van der Waals surface area contributed by atoms with E-state index in [-0.39, 0.29) is 17.7 Å². The van der Waals surface area contributed by atoms with Gasteiger partial charge in [-0.05, 0) is 62.5 Å². The summed E-state index contributed by atoms with van der Waals surface area (Å²) in [7, 11) is 0. The van der Waals surface area contributed by atoms with E-state index in [0.717, 1.165) is 30.6 Å². The molecule has 0 atom stereocenters. The number of benzene rings is 1. The van der Waals surface area contributed by atoms with Gasteiger partial charge in [0.15, 0.2) is 0 Å². The molecule has 0 bridgehead atoms. The van der Waals surface area contributed by atoms with Crippen LogP contribution in [0.3, 0.4) is 0 Å². The average Bonchev–Trinajstić information content (AvgIpc) is 3.10. The number of rotatable bonds is 5. The van der Waals surface area contributed by atoms with Crippen molar-refractivity contribution in [1.29, 1.82) is 0 Å². The molecular weight excluding hydrogens is 392 g/mol. The highest BCUT2D eigenvalue weighted by atomic mass is 16.4. The van der Waals surface area contributed by atoms with Crippen molar-refractivity contribution in [3.8, 4) is 0 Å². The van der Waals surface area contributed by atoms with Crippen LogP contribution < -0.4 is 4.90 Å². The lowest BCUT2D eigenvalue weighted by Gasteiger charge is -2.49. The molecule has 31 heavy (non-hydrogen) atoms. The van der Waals surface area contributed by atoms with E-state index in [1.54, 1.807) is 0 Å². The minimum absolute atomic E-state index is 0.0299. The zero-order valence-corrected chi connectivity index (χ0v) is 18.6. The van der Waals surface area contributed by atoms with E-state index >= 15 is 0 Å². The quantitative estimate of drug-likeness (QED) is 0.740. The maximum Gasteiger partial charge on any atom is 0.334 e. The molecule has 1 saturated carbocycles. The third kappa shape index (κ3) is 3.98. The molecule has 0 unspecified atom stereocenters. The van der Waals surface area contributed by atoms with E-state index in [1.807, 2.05) is 35.2 Å². The lowest BCUT2D eigenvalue weighted by molar-refractivity contribution is -0.136. The Labute approximate surface area is 184 Å². The van der Waals surface area contributed by atoms with Gasteiger partial charge in [0, 0.05) is 24.8 Å². The van der Waals surface area contributed by atoms with Crippen molar-refractivity contribution in [3.63, 3.8) is 0 Å². The Kier molecular flexibility index (Phi) is 6.11. The molecule has 6 heteroatoms. The van der Waals surface area contributed by atoms with Crippen LogP contribution in [0.15, 0.2) is 41.5 Å². The molecule has 1 aromatic carbocycles. The van der Waals surface area contributed by atoms with Gasteiger partial charge < -0.3 is 20.0 Å². The van der Waals surface area contributed by atoms with Gasteiger partial charge in [-0.2, -0.15) is 0 Å². The molecule has 2 N–H and O–H groups in total. The Morgan fingerprint density at radius 2 is 1.58 bits per heavy atom. The van der Waals surface area contributed by atoms with Crippen LogP contribution in [0, 0.1) is 11.8 Å². The van der Waals surface area contributed by atoms with Crippen molar-refractivity contribution < 1.29 is 19.8 Å². The summed E-state index contributed by atoms with van der Waals surface area (Å²) in [6, 6.07) is 10.2. The van der Waals surface area contributed by atoms with E-state index in [2.05, 4.69) is 18.7 Å². The number of carboxylic acid groups (broad SMARTS) is 2. The molecule has 1 saturated heterocycles. The third-order valence-electron chi connectivity index (χ3n) is 7.97. The summed E-state index contributed by atoms with van der Waals surface area (Å²) in [5, 5.41) is 19.8. The maximum absolute atomic E-state index is 12.3. The van der Waals surface area contributed by atoms with Gasteiger partial charge in [-0.3, -0.25) is 0 Å². The lowest BCUT2D eigenvalue weighted by atomic mass is 9.76. The molecular formula is C25H34N2O4. The van der Waals surface area contributed by atoms with Crippen molar-refractivity contribution in [2.24, 2.45) is 11.8 Å². The Balaban J connectivity index is 1.57. The number of para-hydroxylation sites is 1. The fraction of sp³-hybridized carbons (Fsp3) is 0.600. The second-order valence-corrected chi connectivity index (χ2v) is 9.77. The predicted octanol–water partition coefficient (Wildman–Crippen LogP) is 4.02. The zero-order valence-electron chi connectivity index (χ0n) is 18.6. The highest BCUT2D eigenvalue weighted by Gasteiger charge is 2.53. The number of hydrogen-bond donors (Lipinski definition) is 2. The summed E-state index contributed by atoms with van der Waals surface area (Å²) >= 11 is 0. The highest BCUT2D eigenvalue weighted by Crippen LogP contribution is 2.46. The molecule has 3 aliphatic rings. The van der Waals surface area contributed by atoms with Crippen LogP contribution in [0.2, 0.25) is 0 Å². The van der Waals surface area contributed by atoms with Gasteiger partial charge in [0.1, 0.15) is 0 Å². The number of carbonyl (C=O) groups is 2. The Hall–Kier alpha value is -2.34. The van der Waals surface area contributed by atoms with Gasteiger partial charge in [-0.1, -0.05) is 32.0 Å². The molecule has 2 heterocycles. The first-order valence-corrected chi connectivity index (χ1v) is 11.6. The first kappa shape index (κ1) is 21.9. The molecule has 0 amide bonds. The SMILES string of the molecule is CC(C)C1CCC(N2CCC3(CC2)C(C(=O)O)=C(C(=O)O)CN3c2ccccc2)CC1. The smallest absolute Gasteiger partial charge is 0.334 e. The monoisotopic (exact) mass is 426 g/mol. The summed E-state index contributed by atoms with van der Waals surface area (Å²) in [4.78, 5) is 28.8. The summed E-state index contributed by atoms with van der Waals surface area (Å²) in [5.74, 6) is -0.664. The number of nitrogens with zero attached hydrogens (tertiary/aromatic N) is 2. The second-order valence-electron chi connectivity index (χ2n) is 9.77. The lowest BCUT2D eigenvalue weighted by Crippen LogP contribution is -2.57. The topological polar surface area (TPSA) is 81.1 Å². The normalized spacial score (nSPS) is 26.6. The molecule has 4 rings (SSSR count). The Bertz CT molecular complexity index is 848. The summed E-state index contributed by atoms with van der Waals surface area (Å²) in [5.41, 5.74) is 0.254. The zero-order chi connectivity index (χ0) is 22.2. The fourth-order valence-corrected chi connectivity index (χ4v) is 6.17. The van der Waals surface area contributed by atoms with Crippen LogP contribution in [-0.4, -0.2) is 58.3 Å². The van der Waals surface area contributed by atoms with Crippen LogP contribution in [-0.2, 0) is 9.59 Å². The number of anilines is 1. The van der Waals surface area contributed by atoms with E-state index in [1.165, 1.54) is 25.7 Å². The van der Waals surface area contributed by atoms with Gasteiger partial charge in [0.2, 0.25) is 0 Å². The van der Waals surface area contributed by atoms with E-state index in [9.17, 15) is 19.8 Å². The standard InChI is InChI=1S/C25H34N2O4/c1-17(2)18-8-10-19(11-9-18)26-14-12-25(13-15-26)22(24(30)31)21(23(28)29)16-27(25)20-6-4-3-5-7-20/h3-7,17-19H,8-16H2,1-2H3,(H,28,29)(H,30,31). The van der Waals surface area contributed by atoms with E-state index in [4.69, 9.17) is 0 Å². The Morgan fingerprint density at radius 3 is 2.10 bits per heavy atom. The predicted molar refractivity (Wildman–Crippen MR) is 120 cm³/mol. The van der Waals surface area contributed by atoms with Gasteiger partial charge in [0.25, 0.3) is 0 Å². The fourth-order valence-electron chi connectivity index (χ4n) is 6.17. The van der Waals surface area contributed by atoms with Crippen molar-refractivity contribution >= 4 is 17.6 Å². The van der Waals surface area contributed by atoms with Crippen molar-refractivity contribution in [1.82, 2.24) is 4.90 Å².